The summed E-state index contributed by atoms with van der Waals surface area (Å²) < 4.78 is 27.6. The number of rotatable bonds is 3. The molecule has 0 aromatic carbocycles. The first-order chi connectivity index (χ1) is 9.20. The van der Waals surface area contributed by atoms with E-state index in [1.807, 2.05) is 0 Å². The lowest BCUT2D eigenvalue weighted by Crippen LogP contribution is -2.29. The fourth-order valence-electron chi connectivity index (χ4n) is 2.16. The maximum absolute atomic E-state index is 12.1. The maximum atomic E-state index is 12.1. The second-order valence-electron chi connectivity index (χ2n) is 4.65. The first-order valence-electron chi connectivity index (χ1n) is 5.85. The van der Waals surface area contributed by atoms with Gasteiger partial charge in [0.1, 0.15) is 10.7 Å². The van der Waals surface area contributed by atoms with Gasteiger partial charge in [-0.1, -0.05) is 0 Å². The molecule has 0 radical (unpaired) electrons. The summed E-state index contributed by atoms with van der Waals surface area (Å²) in [5.74, 6) is -2.22. The van der Waals surface area contributed by atoms with E-state index in [-0.39, 0.29) is 23.0 Å². The zero-order valence-electron chi connectivity index (χ0n) is 10.7. The number of carbonyl (C=O) groups is 2. The summed E-state index contributed by atoms with van der Waals surface area (Å²) in [6.45, 7) is 1.76. The van der Waals surface area contributed by atoms with Crippen LogP contribution in [-0.2, 0) is 14.8 Å². The van der Waals surface area contributed by atoms with E-state index in [0.29, 0.717) is 13.0 Å². The number of furan rings is 1. The molecule has 8 nitrogen and oxygen atoms in total. The van der Waals surface area contributed by atoms with E-state index in [9.17, 15) is 18.0 Å². The molecule has 0 bridgehead atoms. The van der Waals surface area contributed by atoms with E-state index in [4.69, 9.17) is 14.7 Å². The number of carboxylic acid groups (broad SMARTS) is 1. The highest BCUT2D eigenvalue weighted by Gasteiger charge is 2.33. The highest BCUT2D eigenvalue weighted by atomic mass is 32.2. The van der Waals surface area contributed by atoms with E-state index in [1.165, 1.54) is 11.8 Å². The minimum absolute atomic E-state index is 0.0323. The Balaban J connectivity index is 2.21. The highest BCUT2D eigenvalue weighted by Crippen LogP contribution is 2.23. The van der Waals surface area contributed by atoms with Gasteiger partial charge in [-0.05, 0) is 13.3 Å². The summed E-state index contributed by atoms with van der Waals surface area (Å²) in [4.78, 5) is 24.0. The fraction of sp³-hybridized carbons (Fsp3) is 0.455. The zero-order valence-corrected chi connectivity index (χ0v) is 11.5. The maximum Gasteiger partial charge on any atom is 0.308 e. The molecule has 1 aliphatic rings. The third kappa shape index (κ3) is 2.68. The second-order valence-corrected chi connectivity index (χ2v) is 6.18. The van der Waals surface area contributed by atoms with Crippen molar-refractivity contribution in [3.05, 3.63) is 17.6 Å². The number of aryl methyl sites for hydroxylation is 1. The molecule has 2 rings (SSSR count). The Hall–Kier alpha value is -1.87. The number of nitrogens with two attached hydrogens (primary N) is 1. The predicted molar refractivity (Wildman–Crippen MR) is 66.5 cm³/mol. The lowest BCUT2D eigenvalue weighted by molar-refractivity contribution is -0.141. The SMILES string of the molecule is Cc1oc(C(=O)N2CCC(C(=O)O)C2)cc1S(N)(=O)=O. The molecule has 1 saturated heterocycles. The van der Waals surface area contributed by atoms with Crippen molar-refractivity contribution in [2.24, 2.45) is 11.1 Å². The van der Waals surface area contributed by atoms with E-state index in [0.717, 1.165) is 6.07 Å². The van der Waals surface area contributed by atoms with Crippen LogP contribution in [0.15, 0.2) is 15.4 Å². The number of carbonyl (C=O) groups excluding carboxylic acids is 1. The van der Waals surface area contributed by atoms with Crippen LogP contribution in [0.3, 0.4) is 0 Å². The van der Waals surface area contributed by atoms with Gasteiger partial charge in [-0.15, -0.1) is 0 Å². The lowest BCUT2D eigenvalue weighted by atomic mass is 10.1. The van der Waals surface area contributed by atoms with Crippen LogP contribution in [-0.4, -0.2) is 43.4 Å². The van der Waals surface area contributed by atoms with Gasteiger partial charge in [0, 0.05) is 19.2 Å². The number of nitrogens with zero attached hydrogens (tertiary/aromatic N) is 1. The van der Waals surface area contributed by atoms with E-state index in [2.05, 4.69) is 0 Å². The van der Waals surface area contributed by atoms with Crippen LogP contribution < -0.4 is 5.14 Å². The summed E-state index contributed by atoms with van der Waals surface area (Å²) in [7, 11) is -3.95. The van der Waals surface area contributed by atoms with Gasteiger partial charge in [0.05, 0.1) is 5.92 Å². The van der Waals surface area contributed by atoms with E-state index < -0.39 is 27.8 Å². The van der Waals surface area contributed by atoms with Crippen molar-refractivity contribution >= 4 is 21.9 Å². The van der Waals surface area contributed by atoms with Crippen LogP contribution in [0.1, 0.15) is 22.7 Å². The Labute approximate surface area is 115 Å². The van der Waals surface area contributed by atoms with Gasteiger partial charge in [-0.3, -0.25) is 9.59 Å². The molecule has 0 spiro atoms. The lowest BCUT2D eigenvalue weighted by Gasteiger charge is -2.13. The molecule has 9 heteroatoms. The van der Waals surface area contributed by atoms with Gasteiger partial charge in [-0.2, -0.15) is 0 Å². The number of carboxylic acids is 1. The Morgan fingerprint density at radius 2 is 2.15 bits per heavy atom. The average molecular weight is 302 g/mol. The summed E-state index contributed by atoms with van der Waals surface area (Å²) in [6, 6.07) is 1.07. The van der Waals surface area contributed by atoms with Crippen LogP contribution in [0.2, 0.25) is 0 Å². The molecule has 0 aliphatic carbocycles. The van der Waals surface area contributed by atoms with Crippen molar-refractivity contribution in [2.75, 3.05) is 13.1 Å². The zero-order chi connectivity index (χ0) is 15.1. The highest BCUT2D eigenvalue weighted by molar-refractivity contribution is 7.89. The number of aliphatic carboxylic acids is 1. The quantitative estimate of drug-likeness (QED) is 0.793. The molecular formula is C11H14N2O6S. The molecule has 0 saturated carbocycles. The molecule has 1 fully saturated rings. The first kappa shape index (κ1) is 14.5. The third-order valence-electron chi connectivity index (χ3n) is 3.21. The van der Waals surface area contributed by atoms with Gasteiger partial charge in [0.15, 0.2) is 5.76 Å². The number of hydrogen-bond acceptors (Lipinski definition) is 5. The van der Waals surface area contributed by atoms with Gasteiger partial charge in [0.2, 0.25) is 10.0 Å². The van der Waals surface area contributed by atoms with Crippen LogP contribution in [0, 0.1) is 12.8 Å². The Morgan fingerprint density at radius 1 is 1.50 bits per heavy atom. The normalized spacial score (nSPS) is 19.3. The minimum Gasteiger partial charge on any atom is -0.481 e. The predicted octanol–water partition coefficient (Wildman–Crippen LogP) is -0.218. The second kappa shape index (κ2) is 4.91. The van der Waals surface area contributed by atoms with Gasteiger partial charge in [-0.25, -0.2) is 13.6 Å². The van der Waals surface area contributed by atoms with Gasteiger partial charge >= 0.3 is 5.97 Å². The fourth-order valence-corrected chi connectivity index (χ4v) is 2.87. The number of sulfonamides is 1. The first-order valence-corrected chi connectivity index (χ1v) is 7.40. The smallest absolute Gasteiger partial charge is 0.308 e. The molecule has 1 aromatic rings. The van der Waals surface area contributed by atoms with Crippen molar-refractivity contribution in [3.8, 4) is 0 Å². The standard InChI is InChI=1S/C11H14N2O6S/c1-6-9(20(12,17)18)4-8(19-6)10(14)13-3-2-7(5-13)11(15)16/h4,7H,2-3,5H2,1H3,(H,15,16)(H2,12,17,18). The number of likely N-dealkylation sites (tertiary alicyclic amines) is 1. The van der Waals surface area contributed by atoms with Crippen molar-refractivity contribution in [2.45, 2.75) is 18.2 Å². The van der Waals surface area contributed by atoms with Crippen LogP contribution in [0.5, 0.6) is 0 Å². The molecule has 110 valence electrons. The van der Waals surface area contributed by atoms with Crippen molar-refractivity contribution in [1.82, 2.24) is 4.90 Å². The summed E-state index contributed by atoms with van der Waals surface area (Å²) in [5, 5.41) is 13.9. The molecular weight excluding hydrogens is 288 g/mol. The molecule has 2 heterocycles. The molecule has 1 amide bonds. The van der Waals surface area contributed by atoms with Gasteiger partial charge < -0.3 is 14.4 Å². The molecule has 1 atom stereocenters. The summed E-state index contributed by atoms with van der Waals surface area (Å²) in [5.41, 5.74) is 0. The molecule has 20 heavy (non-hydrogen) atoms. The topological polar surface area (TPSA) is 131 Å². The van der Waals surface area contributed by atoms with Crippen molar-refractivity contribution in [3.63, 3.8) is 0 Å². The van der Waals surface area contributed by atoms with Crippen LogP contribution in [0.25, 0.3) is 0 Å². The van der Waals surface area contributed by atoms with Crippen molar-refractivity contribution in [1.29, 1.82) is 0 Å². The van der Waals surface area contributed by atoms with Crippen molar-refractivity contribution < 1.29 is 27.5 Å². The summed E-state index contributed by atoms with van der Waals surface area (Å²) in [6.07, 6.45) is 0.364. The number of hydrogen-bond donors (Lipinski definition) is 2. The third-order valence-corrected chi connectivity index (χ3v) is 4.23. The molecule has 1 unspecified atom stereocenters. The van der Waals surface area contributed by atoms with Crippen LogP contribution >= 0.6 is 0 Å². The molecule has 1 aliphatic heterocycles. The Kier molecular flexibility index (Phi) is 3.57. The van der Waals surface area contributed by atoms with E-state index >= 15 is 0 Å². The Morgan fingerprint density at radius 3 is 2.60 bits per heavy atom. The molecule has 1 aromatic heterocycles. The Bertz CT molecular complexity index is 662. The monoisotopic (exact) mass is 302 g/mol. The van der Waals surface area contributed by atoms with E-state index in [1.54, 1.807) is 0 Å². The minimum atomic E-state index is -3.95. The van der Waals surface area contributed by atoms with Crippen LogP contribution in [0.4, 0.5) is 0 Å². The van der Waals surface area contributed by atoms with Gasteiger partial charge in [0.25, 0.3) is 5.91 Å². The average Bonchev–Trinajstić information content (AvgIpc) is 2.93. The summed E-state index contributed by atoms with van der Waals surface area (Å²) >= 11 is 0. The largest absolute Gasteiger partial charge is 0.481 e. The number of primary sulfonamides is 1. The molecule has 3 N–H and O–H groups in total. The number of amides is 1.